The molecule has 106 valence electrons. The van der Waals surface area contributed by atoms with Gasteiger partial charge in [0.2, 0.25) is 10.0 Å². The van der Waals surface area contributed by atoms with Crippen LogP contribution in [0.2, 0.25) is 5.02 Å². The van der Waals surface area contributed by atoms with Crippen molar-refractivity contribution in [1.82, 2.24) is 4.72 Å². The van der Waals surface area contributed by atoms with Gasteiger partial charge < -0.3 is 5.73 Å². The molecule has 0 heterocycles. The van der Waals surface area contributed by atoms with Gasteiger partial charge in [-0.15, -0.1) is 0 Å². The molecule has 0 bridgehead atoms. The second kappa shape index (κ2) is 6.65. The minimum absolute atomic E-state index is 0.112. The third-order valence-electron chi connectivity index (χ3n) is 2.84. The summed E-state index contributed by atoms with van der Waals surface area (Å²) < 4.78 is 26.7. The van der Waals surface area contributed by atoms with E-state index in [4.69, 9.17) is 29.6 Å². The maximum Gasteiger partial charge on any atom is 0.240 e. The van der Waals surface area contributed by atoms with Crippen LogP contribution in [0.15, 0.2) is 23.1 Å². The first-order valence-corrected chi connectivity index (χ1v) is 8.14. The van der Waals surface area contributed by atoms with Gasteiger partial charge in [0.15, 0.2) is 0 Å². The van der Waals surface area contributed by atoms with Crippen LogP contribution < -0.4 is 10.5 Å². The van der Waals surface area contributed by atoms with Gasteiger partial charge in [-0.05, 0) is 24.1 Å². The SMILES string of the molecule is CCC(C)CNS(=O)(=O)c1ccc(C(N)=S)c(Cl)c1. The summed E-state index contributed by atoms with van der Waals surface area (Å²) in [5.74, 6) is 0.279. The van der Waals surface area contributed by atoms with Crippen LogP contribution in [0, 0.1) is 5.92 Å². The van der Waals surface area contributed by atoms with E-state index in [0.717, 1.165) is 6.42 Å². The summed E-state index contributed by atoms with van der Waals surface area (Å²) in [6.07, 6.45) is 0.906. The van der Waals surface area contributed by atoms with Gasteiger partial charge in [-0.2, -0.15) is 0 Å². The predicted molar refractivity (Wildman–Crippen MR) is 82.0 cm³/mol. The van der Waals surface area contributed by atoms with E-state index in [2.05, 4.69) is 4.72 Å². The Labute approximate surface area is 124 Å². The van der Waals surface area contributed by atoms with Gasteiger partial charge >= 0.3 is 0 Å². The number of nitrogens with one attached hydrogen (secondary N) is 1. The van der Waals surface area contributed by atoms with Crippen molar-refractivity contribution in [3.63, 3.8) is 0 Å². The zero-order chi connectivity index (χ0) is 14.6. The topological polar surface area (TPSA) is 72.2 Å². The first kappa shape index (κ1) is 16.4. The van der Waals surface area contributed by atoms with Gasteiger partial charge in [0.1, 0.15) is 4.99 Å². The first-order chi connectivity index (χ1) is 8.77. The lowest BCUT2D eigenvalue weighted by molar-refractivity contribution is 0.528. The maximum absolute atomic E-state index is 12.1. The number of benzene rings is 1. The molecule has 0 spiro atoms. The van der Waals surface area contributed by atoms with Crippen LogP contribution in [0.4, 0.5) is 0 Å². The van der Waals surface area contributed by atoms with Crippen LogP contribution >= 0.6 is 23.8 Å². The van der Waals surface area contributed by atoms with Crippen molar-refractivity contribution in [2.45, 2.75) is 25.2 Å². The largest absolute Gasteiger partial charge is 0.389 e. The van der Waals surface area contributed by atoms with E-state index in [1.165, 1.54) is 18.2 Å². The van der Waals surface area contributed by atoms with Crippen molar-refractivity contribution in [2.24, 2.45) is 11.7 Å². The van der Waals surface area contributed by atoms with Crippen LogP contribution in [-0.2, 0) is 10.0 Å². The van der Waals surface area contributed by atoms with E-state index >= 15 is 0 Å². The fourth-order valence-electron chi connectivity index (χ4n) is 1.34. The Morgan fingerprint density at radius 2 is 2.16 bits per heavy atom. The number of hydrogen-bond donors (Lipinski definition) is 2. The zero-order valence-corrected chi connectivity index (χ0v) is 13.2. The molecule has 0 fully saturated rings. The van der Waals surface area contributed by atoms with Gasteiger partial charge in [0.05, 0.1) is 9.92 Å². The van der Waals surface area contributed by atoms with E-state index in [1.54, 1.807) is 0 Å². The third-order valence-corrected chi connectivity index (χ3v) is 4.79. The van der Waals surface area contributed by atoms with Crippen molar-refractivity contribution in [2.75, 3.05) is 6.54 Å². The van der Waals surface area contributed by atoms with E-state index in [9.17, 15) is 8.42 Å². The van der Waals surface area contributed by atoms with Gasteiger partial charge in [0, 0.05) is 12.1 Å². The van der Waals surface area contributed by atoms with Crippen molar-refractivity contribution in [1.29, 1.82) is 0 Å². The summed E-state index contributed by atoms with van der Waals surface area (Å²) in [4.78, 5) is 0.252. The number of halogens is 1. The maximum atomic E-state index is 12.1. The number of nitrogens with two attached hydrogens (primary N) is 1. The standard InChI is InChI=1S/C12H17ClN2O2S2/c1-3-8(2)7-15-19(16,17)9-4-5-10(12(14)18)11(13)6-9/h4-6,8,15H,3,7H2,1-2H3,(H2,14,18). The number of thiocarbonyl (C=S) groups is 1. The number of sulfonamides is 1. The number of rotatable bonds is 6. The van der Waals surface area contributed by atoms with Crippen molar-refractivity contribution >= 4 is 38.8 Å². The van der Waals surface area contributed by atoms with Gasteiger partial charge in [0.25, 0.3) is 0 Å². The Bertz CT molecular complexity index is 573. The smallest absolute Gasteiger partial charge is 0.240 e. The lowest BCUT2D eigenvalue weighted by Gasteiger charge is -2.11. The Morgan fingerprint density at radius 3 is 2.63 bits per heavy atom. The highest BCUT2D eigenvalue weighted by atomic mass is 35.5. The minimum atomic E-state index is -3.55. The van der Waals surface area contributed by atoms with Gasteiger partial charge in [-0.25, -0.2) is 13.1 Å². The molecule has 0 aliphatic heterocycles. The quantitative estimate of drug-likeness (QED) is 0.789. The third kappa shape index (κ3) is 4.42. The van der Waals surface area contributed by atoms with Crippen molar-refractivity contribution < 1.29 is 8.42 Å². The molecule has 0 radical (unpaired) electrons. The van der Waals surface area contributed by atoms with Gasteiger partial charge in [-0.1, -0.05) is 44.1 Å². The van der Waals surface area contributed by atoms with Crippen LogP contribution in [-0.4, -0.2) is 20.0 Å². The van der Waals surface area contributed by atoms with Crippen molar-refractivity contribution in [3.8, 4) is 0 Å². The second-order valence-corrected chi connectivity index (χ2v) is 6.99. The molecule has 1 rings (SSSR count). The fraction of sp³-hybridized carbons (Fsp3) is 0.417. The summed E-state index contributed by atoms with van der Waals surface area (Å²) in [6, 6.07) is 4.32. The molecule has 0 aromatic heterocycles. The lowest BCUT2D eigenvalue weighted by atomic mass is 10.1. The summed E-state index contributed by atoms with van der Waals surface area (Å²) in [7, 11) is -3.55. The molecule has 19 heavy (non-hydrogen) atoms. The molecule has 0 aliphatic carbocycles. The molecule has 1 unspecified atom stereocenters. The summed E-state index contributed by atoms with van der Waals surface area (Å²) in [5.41, 5.74) is 5.94. The molecular weight excluding hydrogens is 304 g/mol. The van der Waals surface area contributed by atoms with Crippen molar-refractivity contribution in [3.05, 3.63) is 28.8 Å². The summed E-state index contributed by atoms with van der Waals surface area (Å²) >= 11 is 10.8. The van der Waals surface area contributed by atoms with E-state index in [0.29, 0.717) is 12.1 Å². The zero-order valence-electron chi connectivity index (χ0n) is 10.8. The first-order valence-electron chi connectivity index (χ1n) is 5.87. The highest BCUT2D eigenvalue weighted by Crippen LogP contribution is 2.21. The highest BCUT2D eigenvalue weighted by molar-refractivity contribution is 7.89. The normalized spacial score (nSPS) is 13.2. The van der Waals surface area contributed by atoms with Gasteiger partial charge in [-0.3, -0.25) is 0 Å². The Kier molecular flexibility index (Phi) is 5.73. The molecule has 1 aromatic carbocycles. The molecular formula is C12H17ClN2O2S2. The van der Waals surface area contributed by atoms with E-state index in [-0.39, 0.29) is 20.8 Å². The Morgan fingerprint density at radius 1 is 1.53 bits per heavy atom. The van der Waals surface area contributed by atoms with Crippen LogP contribution in [0.1, 0.15) is 25.8 Å². The number of hydrogen-bond acceptors (Lipinski definition) is 3. The highest BCUT2D eigenvalue weighted by Gasteiger charge is 2.16. The Hall–Kier alpha value is -0.690. The monoisotopic (exact) mass is 320 g/mol. The molecule has 3 N–H and O–H groups in total. The van der Waals surface area contributed by atoms with E-state index in [1.807, 2.05) is 13.8 Å². The van der Waals surface area contributed by atoms with Crippen LogP contribution in [0.5, 0.6) is 0 Å². The van der Waals surface area contributed by atoms with E-state index < -0.39 is 10.0 Å². The second-order valence-electron chi connectivity index (χ2n) is 4.37. The summed E-state index contributed by atoms with van der Waals surface area (Å²) in [5, 5.41) is 0.235. The molecule has 4 nitrogen and oxygen atoms in total. The molecule has 7 heteroatoms. The fourth-order valence-corrected chi connectivity index (χ4v) is 3.11. The molecule has 1 atom stereocenters. The average molecular weight is 321 g/mol. The summed E-state index contributed by atoms with van der Waals surface area (Å²) in [6.45, 7) is 4.38. The molecule has 0 aliphatic rings. The molecule has 0 saturated heterocycles. The molecule has 0 amide bonds. The van der Waals surface area contributed by atoms with Crippen LogP contribution in [0.3, 0.4) is 0 Å². The molecule has 0 saturated carbocycles. The average Bonchev–Trinajstić information content (AvgIpc) is 2.35. The molecule has 1 aromatic rings. The van der Waals surface area contributed by atoms with Crippen LogP contribution in [0.25, 0.3) is 0 Å². The Balaban J connectivity index is 2.96. The minimum Gasteiger partial charge on any atom is -0.389 e. The predicted octanol–water partition coefficient (Wildman–Crippen LogP) is 2.30. The lowest BCUT2D eigenvalue weighted by Crippen LogP contribution is -2.28.